The minimum Gasteiger partial charge on any atom is -0.314 e. The summed E-state index contributed by atoms with van der Waals surface area (Å²) in [6, 6.07) is 0. The van der Waals surface area contributed by atoms with Crippen LogP contribution in [0.3, 0.4) is 0 Å². The zero-order valence-corrected chi connectivity index (χ0v) is 10.6. The lowest BCUT2D eigenvalue weighted by molar-refractivity contribution is 0.281. The number of nitrogens with two attached hydrogens (primary N) is 1. The van der Waals surface area contributed by atoms with E-state index in [1.165, 1.54) is 12.8 Å². The summed E-state index contributed by atoms with van der Waals surface area (Å²) < 4.78 is 0. The van der Waals surface area contributed by atoms with E-state index in [1.807, 2.05) is 0 Å². The van der Waals surface area contributed by atoms with Crippen LogP contribution in [-0.4, -0.2) is 12.2 Å². The average Bonchev–Trinajstić information content (AvgIpc) is 1.99. The van der Waals surface area contributed by atoms with E-state index < -0.39 is 0 Å². The lowest BCUT2D eigenvalue weighted by atomic mass is 9.98. The fourth-order valence-corrected chi connectivity index (χ4v) is 1.92. The summed E-state index contributed by atoms with van der Waals surface area (Å²) in [6.45, 7) is 12.1. The molecule has 0 saturated carbocycles. The van der Waals surface area contributed by atoms with Crippen LogP contribution in [0.5, 0.6) is 0 Å². The van der Waals surface area contributed by atoms with Gasteiger partial charge in [0, 0.05) is 0 Å². The van der Waals surface area contributed by atoms with E-state index in [2.05, 4.69) is 39.9 Å². The molecule has 0 saturated heterocycles. The molecule has 86 valence electrons. The van der Waals surface area contributed by atoms with Gasteiger partial charge in [0.15, 0.2) is 0 Å². The molecule has 0 rings (SSSR count). The molecular weight excluding hydrogens is 172 g/mol. The van der Waals surface area contributed by atoms with E-state index in [1.54, 1.807) is 0 Å². The van der Waals surface area contributed by atoms with Crippen LogP contribution < -0.4 is 11.1 Å². The highest BCUT2D eigenvalue weighted by atomic mass is 15.1. The molecule has 0 bridgehead atoms. The Morgan fingerprint density at radius 2 is 1.86 bits per heavy atom. The molecule has 0 heterocycles. The molecule has 2 atom stereocenters. The molecule has 14 heavy (non-hydrogen) atoms. The molecule has 0 aliphatic carbocycles. The second-order valence-corrected chi connectivity index (χ2v) is 5.29. The van der Waals surface area contributed by atoms with Crippen LogP contribution in [0.2, 0.25) is 0 Å². The first-order valence-electron chi connectivity index (χ1n) is 5.91. The molecule has 0 spiro atoms. The lowest BCUT2D eigenvalue weighted by Gasteiger charge is -2.29. The maximum absolute atomic E-state index is 6.15. The van der Waals surface area contributed by atoms with Crippen LogP contribution in [0.1, 0.15) is 53.9 Å². The van der Waals surface area contributed by atoms with Gasteiger partial charge in [0.25, 0.3) is 0 Å². The SMILES string of the molecule is CCCC(C)CNC(C)(N)CC(C)C. The zero-order chi connectivity index (χ0) is 11.2. The van der Waals surface area contributed by atoms with Gasteiger partial charge in [-0.3, -0.25) is 5.32 Å². The first-order valence-corrected chi connectivity index (χ1v) is 5.91. The van der Waals surface area contributed by atoms with Crippen LogP contribution in [0.15, 0.2) is 0 Å². The molecule has 0 aromatic carbocycles. The second-order valence-electron chi connectivity index (χ2n) is 5.29. The van der Waals surface area contributed by atoms with E-state index >= 15 is 0 Å². The van der Waals surface area contributed by atoms with Gasteiger partial charge >= 0.3 is 0 Å². The Balaban J connectivity index is 3.74. The molecule has 0 aromatic heterocycles. The Bertz CT molecular complexity index is 141. The number of nitrogens with one attached hydrogen (secondary N) is 1. The Hall–Kier alpha value is -0.0800. The Kier molecular flexibility index (Phi) is 6.38. The van der Waals surface area contributed by atoms with Gasteiger partial charge in [-0.05, 0) is 38.1 Å². The van der Waals surface area contributed by atoms with Gasteiger partial charge in [-0.2, -0.15) is 0 Å². The molecule has 0 radical (unpaired) electrons. The Labute approximate surface area is 89.6 Å². The molecule has 0 aromatic rings. The van der Waals surface area contributed by atoms with E-state index in [9.17, 15) is 0 Å². The van der Waals surface area contributed by atoms with Crippen LogP contribution in [0, 0.1) is 11.8 Å². The molecule has 0 amide bonds. The Morgan fingerprint density at radius 3 is 2.29 bits per heavy atom. The van der Waals surface area contributed by atoms with E-state index in [0.29, 0.717) is 5.92 Å². The highest BCUT2D eigenvalue weighted by Crippen LogP contribution is 2.12. The largest absolute Gasteiger partial charge is 0.314 e. The fraction of sp³-hybridized carbons (Fsp3) is 1.00. The molecule has 2 unspecified atom stereocenters. The zero-order valence-electron chi connectivity index (χ0n) is 10.6. The first-order chi connectivity index (χ1) is 6.37. The highest BCUT2D eigenvalue weighted by molar-refractivity contribution is 4.77. The summed E-state index contributed by atoms with van der Waals surface area (Å²) in [5, 5.41) is 3.45. The van der Waals surface area contributed by atoms with Crippen molar-refractivity contribution in [3.05, 3.63) is 0 Å². The summed E-state index contributed by atoms with van der Waals surface area (Å²) >= 11 is 0. The van der Waals surface area contributed by atoms with Crippen molar-refractivity contribution >= 4 is 0 Å². The molecule has 3 N–H and O–H groups in total. The van der Waals surface area contributed by atoms with Crippen LogP contribution in [0.4, 0.5) is 0 Å². The standard InChI is InChI=1S/C12H28N2/c1-6-7-11(4)9-14-12(5,13)8-10(2)3/h10-11,14H,6-9,13H2,1-5H3. The highest BCUT2D eigenvalue weighted by Gasteiger charge is 2.19. The second kappa shape index (κ2) is 6.41. The molecule has 0 aliphatic rings. The van der Waals surface area contributed by atoms with E-state index in [-0.39, 0.29) is 5.66 Å². The molecule has 2 nitrogen and oxygen atoms in total. The van der Waals surface area contributed by atoms with Crippen molar-refractivity contribution in [1.82, 2.24) is 5.32 Å². The van der Waals surface area contributed by atoms with Gasteiger partial charge in [-0.25, -0.2) is 0 Å². The van der Waals surface area contributed by atoms with Crippen molar-refractivity contribution in [3.8, 4) is 0 Å². The first kappa shape index (κ1) is 13.9. The van der Waals surface area contributed by atoms with Crippen LogP contribution >= 0.6 is 0 Å². The summed E-state index contributed by atoms with van der Waals surface area (Å²) in [6.07, 6.45) is 3.57. The van der Waals surface area contributed by atoms with Crippen molar-refractivity contribution < 1.29 is 0 Å². The lowest BCUT2D eigenvalue weighted by Crippen LogP contribution is -2.52. The third kappa shape index (κ3) is 7.34. The Morgan fingerprint density at radius 1 is 1.29 bits per heavy atom. The van der Waals surface area contributed by atoms with Crippen molar-refractivity contribution in [2.45, 2.75) is 59.5 Å². The summed E-state index contributed by atoms with van der Waals surface area (Å²) in [5.74, 6) is 1.38. The van der Waals surface area contributed by atoms with Crippen molar-refractivity contribution in [1.29, 1.82) is 0 Å². The number of hydrogen-bond acceptors (Lipinski definition) is 2. The number of rotatable bonds is 7. The van der Waals surface area contributed by atoms with Gasteiger partial charge in [-0.15, -0.1) is 0 Å². The van der Waals surface area contributed by atoms with Gasteiger partial charge in [0.1, 0.15) is 0 Å². The normalized spacial score (nSPS) is 18.2. The average molecular weight is 200 g/mol. The van der Waals surface area contributed by atoms with E-state index in [4.69, 9.17) is 5.73 Å². The van der Waals surface area contributed by atoms with E-state index in [0.717, 1.165) is 18.9 Å². The summed E-state index contributed by atoms with van der Waals surface area (Å²) in [7, 11) is 0. The monoisotopic (exact) mass is 200 g/mol. The smallest absolute Gasteiger partial charge is 0.0635 e. The van der Waals surface area contributed by atoms with Gasteiger partial charge in [-0.1, -0.05) is 34.1 Å². The molecule has 0 aliphatic heterocycles. The van der Waals surface area contributed by atoms with Crippen LogP contribution in [0.25, 0.3) is 0 Å². The molecule has 2 heteroatoms. The van der Waals surface area contributed by atoms with Crippen molar-refractivity contribution in [2.75, 3.05) is 6.54 Å². The molecule has 0 fully saturated rings. The van der Waals surface area contributed by atoms with Gasteiger partial charge < -0.3 is 5.73 Å². The fourth-order valence-electron chi connectivity index (χ4n) is 1.92. The van der Waals surface area contributed by atoms with Crippen LogP contribution in [-0.2, 0) is 0 Å². The quantitative estimate of drug-likeness (QED) is 0.620. The summed E-state index contributed by atoms with van der Waals surface area (Å²) in [4.78, 5) is 0. The topological polar surface area (TPSA) is 38.0 Å². The third-order valence-corrected chi connectivity index (χ3v) is 2.47. The van der Waals surface area contributed by atoms with Gasteiger partial charge in [0.05, 0.1) is 5.66 Å². The van der Waals surface area contributed by atoms with Crippen molar-refractivity contribution in [2.24, 2.45) is 17.6 Å². The molecular formula is C12H28N2. The van der Waals surface area contributed by atoms with Gasteiger partial charge in [0.2, 0.25) is 0 Å². The third-order valence-electron chi connectivity index (χ3n) is 2.47. The predicted molar refractivity (Wildman–Crippen MR) is 64.1 cm³/mol. The predicted octanol–water partition coefficient (Wildman–Crippen LogP) is 2.73. The minimum absolute atomic E-state index is 0.198. The van der Waals surface area contributed by atoms with Crippen molar-refractivity contribution in [3.63, 3.8) is 0 Å². The summed E-state index contributed by atoms with van der Waals surface area (Å²) in [5.41, 5.74) is 5.95. The maximum Gasteiger partial charge on any atom is 0.0635 e. The minimum atomic E-state index is -0.198. The maximum atomic E-state index is 6.15. The number of hydrogen-bond donors (Lipinski definition) is 2.